The Morgan fingerprint density at radius 1 is 1.00 bits per heavy atom. The van der Waals surface area contributed by atoms with Crippen molar-refractivity contribution in [2.45, 2.75) is 32.5 Å². The first-order valence-corrected chi connectivity index (χ1v) is 9.67. The third-order valence-corrected chi connectivity index (χ3v) is 5.26. The number of carbonyl (C=O) groups is 1. The van der Waals surface area contributed by atoms with E-state index in [1.807, 2.05) is 43.3 Å². The van der Waals surface area contributed by atoms with E-state index in [-0.39, 0.29) is 5.92 Å². The van der Waals surface area contributed by atoms with Crippen LogP contribution in [0.5, 0.6) is 5.75 Å². The molecule has 4 heteroatoms. The summed E-state index contributed by atoms with van der Waals surface area (Å²) in [6.07, 6.45) is 0. The fourth-order valence-electron chi connectivity index (χ4n) is 3.57. The summed E-state index contributed by atoms with van der Waals surface area (Å²) in [5.41, 5.74) is 4.05. The van der Waals surface area contributed by atoms with Gasteiger partial charge in [-0.3, -0.25) is 0 Å². The molecule has 142 valence electrons. The van der Waals surface area contributed by atoms with Gasteiger partial charge < -0.3 is 9.47 Å². The number of hydrogen-bond acceptors (Lipinski definition) is 3. The molecule has 1 atom stereocenters. The molecule has 4 rings (SSSR count). The van der Waals surface area contributed by atoms with Gasteiger partial charge in [0.1, 0.15) is 5.75 Å². The number of cyclic esters (lactones) is 1. The molecule has 3 aromatic rings. The molecule has 3 nitrogen and oxygen atoms in total. The highest BCUT2D eigenvalue weighted by Crippen LogP contribution is 2.45. The number of carbonyl (C=O) groups excluding carboxylic acids is 1. The zero-order valence-corrected chi connectivity index (χ0v) is 16.8. The van der Waals surface area contributed by atoms with Crippen LogP contribution in [0.3, 0.4) is 0 Å². The smallest absolute Gasteiger partial charge is 0.342 e. The van der Waals surface area contributed by atoms with Crippen molar-refractivity contribution < 1.29 is 14.3 Å². The highest BCUT2D eigenvalue weighted by Gasteiger charge is 2.50. The fraction of sp³-hybridized carbons (Fsp3) is 0.208. The highest BCUT2D eigenvalue weighted by molar-refractivity contribution is 6.30. The van der Waals surface area contributed by atoms with Crippen LogP contribution in [0.15, 0.2) is 66.7 Å². The van der Waals surface area contributed by atoms with Crippen molar-refractivity contribution in [1.29, 1.82) is 0 Å². The van der Waals surface area contributed by atoms with Gasteiger partial charge in [-0.15, -0.1) is 0 Å². The number of fused-ring (bicyclic) bond motifs is 1. The first-order chi connectivity index (χ1) is 13.4. The van der Waals surface area contributed by atoms with Crippen molar-refractivity contribution in [2.75, 3.05) is 0 Å². The van der Waals surface area contributed by atoms with E-state index in [1.54, 1.807) is 18.2 Å². The lowest BCUT2D eigenvalue weighted by Gasteiger charge is -2.31. The summed E-state index contributed by atoms with van der Waals surface area (Å²) < 4.78 is 12.5. The predicted molar refractivity (Wildman–Crippen MR) is 110 cm³/mol. The van der Waals surface area contributed by atoms with Crippen molar-refractivity contribution in [1.82, 2.24) is 0 Å². The minimum atomic E-state index is -1.35. The Bertz CT molecular complexity index is 1040. The minimum Gasteiger partial charge on any atom is -0.444 e. The van der Waals surface area contributed by atoms with E-state index in [2.05, 4.69) is 26.0 Å². The second-order valence-corrected chi connectivity index (χ2v) is 7.79. The monoisotopic (exact) mass is 392 g/mol. The summed E-state index contributed by atoms with van der Waals surface area (Å²) in [6, 6.07) is 20.7. The summed E-state index contributed by atoms with van der Waals surface area (Å²) in [5, 5.41) is 0.606. The van der Waals surface area contributed by atoms with Crippen molar-refractivity contribution >= 4 is 17.6 Å². The van der Waals surface area contributed by atoms with E-state index in [1.165, 1.54) is 0 Å². The van der Waals surface area contributed by atoms with Crippen LogP contribution in [0.25, 0.3) is 0 Å². The van der Waals surface area contributed by atoms with E-state index in [0.29, 0.717) is 27.5 Å². The van der Waals surface area contributed by atoms with E-state index in [0.717, 1.165) is 11.1 Å². The van der Waals surface area contributed by atoms with Crippen molar-refractivity contribution in [3.63, 3.8) is 0 Å². The molecule has 0 amide bonds. The Labute approximate surface area is 169 Å². The Hall–Kier alpha value is -2.78. The second kappa shape index (κ2) is 6.99. The fourth-order valence-corrected chi connectivity index (χ4v) is 3.69. The summed E-state index contributed by atoms with van der Waals surface area (Å²) in [4.78, 5) is 12.7. The lowest BCUT2D eigenvalue weighted by atomic mass is 9.94. The molecule has 0 N–H and O–H groups in total. The quantitative estimate of drug-likeness (QED) is 0.494. The van der Waals surface area contributed by atoms with Gasteiger partial charge in [-0.25, -0.2) is 4.79 Å². The van der Waals surface area contributed by atoms with E-state index in [4.69, 9.17) is 21.1 Å². The van der Waals surface area contributed by atoms with Crippen LogP contribution in [0, 0.1) is 6.92 Å². The van der Waals surface area contributed by atoms with E-state index >= 15 is 0 Å². The number of esters is 1. The number of rotatable bonds is 4. The van der Waals surface area contributed by atoms with Crippen LogP contribution in [-0.2, 0) is 10.5 Å². The van der Waals surface area contributed by atoms with Crippen LogP contribution >= 0.6 is 11.6 Å². The topological polar surface area (TPSA) is 35.5 Å². The highest BCUT2D eigenvalue weighted by atomic mass is 35.5. The molecule has 0 fully saturated rings. The largest absolute Gasteiger partial charge is 0.444 e. The third kappa shape index (κ3) is 3.06. The maximum absolute atomic E-state index is 12.7. The Kier molecular flexibility index (Phi) is 4.64. The number of aryl methyl sites for hydroxylation is 1. The van der Waals surface area contributed by atoms with Gasteiger partial charge in [-0.2, -0.15) is 0 Å². The molecule has 0 saturated heterocycles. The Morgan fingerprint density at radius 2 is 1.71 bits per heavy atom. The van der Waals surface area contributed by atoms with Crippen LogP contribution in [-0.4, -0.2) is 5.97 Å². The molecule has 0 radical (unpaired) electrons. The molecule has 0 aromatic heterocycles. The Morgan fingerprint density at radius 3 is 2.43 bits per heavy atom. The minimum absolute atomic E-state index is 0.255. The maximum Gasteiger partial charge on any atom is 0.342 e. The summed E-state index contributed by atoms with van der Waals surface area (Å²) in [5.74, 6) is -0.792. The predicted octanol–water partition coefficient (Wildman–Crippen LogP) is 6.22. The lowest BCUT2D eigenvalue weighted by Crippen LogP contribution is -2.35. The van der Waals surface area contributed by atoms with Gasteiger partial charge in [0.15, 0.2) is 0 Å². The van der Waals surface area contributed by atoms with Crippen LogP contribution in [0.1, 0.15) is 52.4 Å². The average Bonchev–Trinajstić information content (AvgIpc) is 2.95. The van der Waals surface area contributed by atoms with Crippen LogP contribution < -0.4 is 4.74 Å². The third-order valence-electron chi connectivity index (χ3n) is 5.01. The van der Waals surface area contributed by atoms with Gasteiger partial charge in [-0.1, -0.05) is 49.7 Å². The van der Waals surface area contributed by atoms with Gasteiger partial charge in [0.2, 0.25) is 0 Å². The molecule has 3 aromatic carbocycles. The maximum atomic E-state index is 12.7. The molecule has 0 aliphatic carbocycles. The van der Waals surface area contributed by atoms with Crippen LogP contribution in [0.2, 0.25) is 5.02 Å². The van der Waals surface area contributed by atoms with E-state index in [9.17, 15) is 4.79 Å². The number of benzene rings is 3. The van der Waals surface area contributed by atoms with Crippen molar-refractivity contribution in [3.05, 3.63) is 99.6 Å². The molecule has 0 spiro atoms. The SMILES string of the molecule is Cc1ccc(C(C)C)c(OC2(c3ccc(Cl)cc3)OC(=O)c3ccccc32)c1. The number of ether oxygens (including phenoxy) is 2. The Balaban J connectivity index is 1.93. The molecule has 0 saturated carbocycles. The van der Waals surface area contributed by atoms with Gasteiger partial charge in [0.25, 0.3) is 0 Å². The van der Waals surface area contributed by atoms with Gasteiger partial charge >= 0.3 is 11.8 Å². The van der Waals surface area contributed by atoms with Crippen molar-refractivity contribution in [2.24, 2.45) is 0 Å². The zero-order valence-electron chi connectivity index (χ0n) is 16.0. The molecular formula is C24H21ClO3. The van der Waals surface area contributed by atoms with Crippen LogP contribution in [0.4, 0.5) is 0 Å². The first kappa shape index (κ1) is 18.6. The summed E-state index contributed by atoms with van der Waals surface area (Å²) >= 11 is 6.09. The molecule has 1 heterocycles. The van der Waals surface area contributed by atoms with E-state index < -0.39 is 11.8 Å². The second-order valence-electron chi connectivity index (χ2n) is 7.36. The first-order valence-electron chi connectivity index (χ1n) is 9.29. The molecule has 1 aliphatic rings. The number of halogens is 1. The molecule has 0 bridgehead atoms. The zero-order chi connectivity index (χ0) is 19.9. The number of hydrogen-bond donors (Lipinski definition) is 0. The normalized spacial score (nSPS) is 18.1. The van der Waals surface area contributed by atoms with Gasteiger partial charge in [0.05, 0.1) is 11.1 Å². The lowest BCUT2D eigenvalue weighted by molar-refractivity contribution is -0.109. The molecule has 28 heavy (non-hydrogen) atoms. The van der Waals surface area contributed by atoms with Gasteiger partial charge in [0, 0.05) is 10.6 Å². The molecular weight excluding hydrogens is 372 g/mol. The summed E-state index contributed by atoms with van der Waals surface area (Å²) in [7, 11) is 0. The van der Waals surface area contributed by atoms with Crippen molar-refractivity contribution in [3.8, 4) is 5.75 Å². The molecule has 1 aliphatic heterocycles. The molecule has 1 unspecified atom stereocenters. The summed E-state index contributed by atoms with van der Waals surface area (Å²) in [6.45, 7) is 6.24. The van der Waals surface area contributed by atoms with Gasteiger partial charge in [-0.05, 0) is 66.4 Å². The average molecular weight is 393 g/mol. The standard InChI is InChI=1S/C24H21ClO3/c1-15(2)19-13-8-16(3)14-22(19)27-24(17-9-11-18(25)12-10-17)21-7-5-4-6-20(21)23(26)28-24/h4-15H,1-3H3.